The number of carbonyl (C=O) groups is 2. The summed E-state index contributed by atoms with van der Waals surface area (Å²) in [6.07, 6.45) is 1.52. The van der Waals surface area contributed by atoms with Crippen LogP contribution in [0.2, 0.25) is 0 Å². The van der Waals surface area contributed by atoms with Gasteiger partial charge in [-0.2, -0.15) is 0 Å². The summed E-state index contributed by atoms with van der Waals surface area (Å²) < 4.78 is 5.37. The smallest absolute Gasteiger partial charge is 0.242 e. The molecule has 2 unspecified atom stereocenters. The molecule has 148 valence electrons. The molecule has 2 N–H and O–H groups in total. The lowest BCUT2D eigenvalue weighted by Crippen LogP contribution is -2.39. The number of para-hydroxylation sites is 1. The first kappa shape index (κ1) is 19.7. The van der Waals surface area contributed by atoms with E-state index in [9.17, 15) is 9.59 Å². The first-order valence-corrected chi connectivity index (χ1v) is 9.60. The van der Waals surface area contributed by atoms with Crippen molar-refractivity contribution in [1.82, 2.24) is 5.32 Å². The van der Waals surface area contributed by atoms with E-state index in [1.54, 1.807) is 12.0 Å². The Bertz CT molecular complexity index is 835. The number of hydrogen-bond donors (Lipinski definition) is 2. The number of hydrogen-bond acceptors (Lipinski definition) is 4. The zero-order valence-corrected chi connectivity index (χ0v) is 16.6. The summed E-state index contributed by atoms with van der Waals surface area (Å²) in [5, 5.41) is 6.23. The Morgan fingerprint density at radius 2 is 1.82 bits per heavy atom. The molecule has 6 heteroatoms. The first-order chi connectivity index (χ1) is 13.5. The van der Waals surface area contributed by atoms with Crippen LogP contribution in [-0.4, -0.2) is 31.5 Å². The molecule has 0 bridgehead atoms. The van der Waals surface area contributed by atoms with Gasteiger partial charge in [0, 0.05) is 29.9 Å². The fourth-order valence-electron chi connectivity index (χ4n) is 3.41. The molecule has 2 amide bonds. The SMILES string of the molecule is COc1ccccc1C(C)NC(=O)C(C)Nc1ccc(N2CCCC2=O)cc1. The Labute approximate surface area is 165 Å². The molecule has 28 heavy (non-hydrogen) atoms. The van der Waals surface area contributed by atoms with Crippen molar-refractivity contribution in [3.63, 3.8) is 0 Å². The largest absolute Gasteiger partial charge is 0.496 e. The van der Waals surface area contributed by atoms with Crippen LogP contribution in [0.4, 0.5) is 11.4 Å². The molecule has 1 saturated heterocycles. The van der Waals surface area contributed by atoms with Crippen molar-refractivity contribution in [2.24, 2.45) is 0 Å². The van der Waals surface area contributed by atoms with Crippen molar-refractivity contribution >= 4 is 23.2 Å². The van der Waals surface area contributed by atoms with E-state index in [2.05, 4.69) is 10.6 Å². The van der Waals surface area contributed by atoms with Gasteiger partial charge in [-0.1, -0.05) is 18.2 Å². The third-order valence-corrected chi connectivity index (χ3v) is 4.99. The van der Waals surface area contributed by atoms with Crippen LogP contribution in [-0.2, 0) is 9.59 Å². The second-order valence-corrected chi connectivity index (χ2v) is 7.03. The molecule has 2 atom stereocenters. The number of carbonyl (C=O) groups excluding carboxylic acids is 2. The molecule has 1 aliphatic heterocycles. The van der Waals surface area contributed by atoms with Gasteiger partial charge in [-0.05, 0) is 50.6 Å². The van der Waals surface area contributed by atoms with Crippen molar-refractivity contribution < 1.29 is 14.3 Å². The number of benzene rings is 2. The lowest BCUT2D eigenvalue weighted by atomic mass is 10.1. The highest BCUT2D eigenvalue weighted by atomic mass is 16.5. The maximum atomic E-state index is 12.6. The Morgan fingerprint density at radius 1 is 1.11 bits per heavy atom. The summed E-state index contributed by atoms with van der Waals surface area (Å²) in [5.41, 5.74) is 2.67. The van der Waals surface area contributed by atoms with E-state index in [-0.39, 0.29) is 17.9 Å². The van der Waals surface area contributed by atoms with E-state index in [0.717, 1.165) is 35.7 Å². The minimum atomic E-state index is -0.406. The molecule has 1 fully saturated rings. The van der Waals surface area contributed by atoms with Gasteiger partial charge < -0.3 is 20.3 Å². The predicted molar refractivity (Wildman–Crippen MR) is 111 cm³/mol. The van der Waals surface area contributed by atoms with E-state index in [0.29, 0.717) is 6.42 Å². The molecule has 3 rings (SSSR count). The molecular formula is C22H27N3O3. The van der Waals surface area contributed by atoms with E-state index in [4.69, 9.17) is 4.74 Å². The summed E-state index contributed by atoms with van der Waals surface area (Å²) in [5.74, 6) is 0.818. The first-order valence-electron chi connectivity index (χ1n) is 9.60. The minimum Gasteiger partial charge on any atom is -0.496 e. The highest BCUT2D eigenvalue weighted by Gasteiger charge is 2.22. The average molecular weight is 381 g/mol. The highest BCUT2D eigenvalue weighted by molar-refractivity contribution is 5.95. The maximum Gasteiger partial charge on any atom is 0.242 e. The van der Waals surface area contributed by atoms with Crippen LogP contribution in [0.15, 0.2) is 48.5 Å². The van der Waals surface area contributed by atoms with Crippen LogP contribution in [0.1, 0.15) is 38.3 Å². The van der Waals surface area contributed by atoms with Crippen LogP contribution in [0.3, 0.4) is 0 Å². The molecule has 2 aromatic carbocycles. The maximum absolute atomic E-state index is 12.6. The van der Waals surface area contributed by atoms with Crippen LogP contribution < -0.4 is 20.3 Å². The van der Waals surface area contributed by atoms with Crippen LogP contribution in [0.25, 0.3) is 0 Å². The number of anilines is 2. The molecule has 0 aromatic heterocycles. The minimum absolute atomic E-state index is 0.0998. The molecule has 1 heterocycles. The zero-order valence-electron chi connectivity index (χ0n) is 16.6. The van der Waals surface area contributed by atoms with Gasteiger partial charge in [0.1, 0.15) is 11.8 Å². The van der Waals surface area contributed by atoms with Gasteiger partial charge in [-0.3, -0.25) is 9.59 Å². The van der Waals surface area contributed by atoms with Crippen molar-refractivity contribution in [3.8, 4) is 5.75 Å². The predicted octanol–water partition coefficient (Wildman–Crippen LogP) is 3.50. The van der Waals surface area contributed by atoms with Gasteiger partial charge >= 0.3 is 0 Å². The van der Waals surface area contributed by atoms with Crippen LogP contribution in [0, 0.1) is 0 Å². The Kier molecular flexibility index (Phi) is 6.19. The van der Waals surface area contributed by atoms with Gasteiger partial charge in [0.15, 0.2) is 0 Å². The van der Waals surface area contributed by atoms with Crippen LogP contribution in [0.5, 0.6) is 5.75 Å². The van der Waals surface area contributed by atoms with Crippen molar-refractivity contribution in [3.05, 3.63) is 54.1 Å². The van der Waals surface area contributed by atoms with Gasteiger partial charge in [0.05, 0.1) is 13.2 Å². The third-order valence-electron chi connectivity index (χ3n) is 4.99. The third kappa shape index (κ3) is 4.44. The highest BCUT2D eigenvalue weighted by Crippen LogP contribution is 2.25. The fourth-order valence-corrected chi connectivity index (χ4v) is 3.41. The number of nitrogens with zero attached hydrogens (tertiary/aromatic N) is 1. The molecular weight excluding hydrogens is 354 g/mol. The number of methoxy groups -OCH3 is 1. The fraction of sp³-hybridized carbons (Fsp3) is 0.364. The zero-order chi connectivity index (χ0) is 20.1. The standard InChI is InChI=1S/C22H27N3O3/c1-15(19-7-4-5-8-20(19)28-3)24-22(27)16(2)23-17-10-12-18(13-11-17)25-14-6-9-21(25)26/h4-5,7-8,10-13,15-16,23H,6,9,14H2,1-3H3,(H,24,27). The second kappa shape index (κ2) is 8.78. The van der Waals surface area contributed by atoms with E-state index >= 15 is 0 Å². The molecule has 0 saturated carbocycles. The number of nitrogens with one attached hydrogen (secondary N) is 2. The second-order valence-electron chi connectivity index (χ2n) is 7.03. The summed E-state index contributed by atoms with van der Waals surface area (Å²) >= 11 is 0. The normalized spacial score (nSPS) is 15.8. The van der Waals surface area contributed by atoms with E-state index in [1.807, 2.05) is 62.4 Å². The molecule has 6 nitrogen and oxygen atoms in total. The van der Waals surface area contributed by atoms with Gasteiger partial charge in [0.2, 0.25) is 11.8 Å². The van der Waals surface area contributed by atoms with E-state index in [1.165, 1.54) is 0 Å². The van der Waals surface area contributed by atoms with Gasteiger partial charge in [-0.15, -0.1) is 0 Å². The van der Waals surface area contributed by atoms with E-state index < -0.39 is 6.04 Å². The molecule has 2 aromatic rings. The number of rotatable bonds is 7. The lowest BCUT2D eigenvalue weighted by molar-refractivity contribution is -0.122. The number of amides is 2. The van der Waals surface area contributed by atoms with Crippen molar-refractivity contribution in [2.75, 3.05) is 23.9 Å². The molecule has 1 aliphatic rings. The molecule has 0 spiro atoms. The lowest BCUT2D eigenvalue weighted by Gasteiger charge is -2.21. The molecule has 0 aliphatic carbocycles. The van der Waals surface area contributed by atoms with Crippen molar-refractivity contribution in [2.45, 2.75) is 38.8 Å². The topological polar surface area (TPSA) is 70.7 Å². The van der Waals surface area contributed by atoms with Crippen LogP contribution >= 0.6 is 0 Å². The van der Waals surface area contributed by atoms with Gasteiger partial charge in [-0.25, -0.2) is 0 Å². The summed E-state index contributed by atoms with van der Waals surface area (Å²) in [4.78, 5) is 26.2. The summed E-state index contributed by atoms with van der Waals surface area (Å²) in [6.45, 7) is 4.53. The van der Waals surface area contributed by atoms with Crippen molar-refractivity contribution in [1.29, 1.82) is 0 Å². The number of ether oxygens (including phenoxy) is 1. The average Bonchev–Trinajstić information content (AvgIpc) is 3.14. The Balaban J connectivity index is 1.58. The van der Waals surface area contributed by atoms with Gasteiger partial charge in [0.25, 0.3) is 0 Å². The quantitative estimate of drug-likeness (QED) is 0.770. The Hall–Kier alpha value is -3.02. The summed E-state index contributed by atoms with van der Waals surface area (Å²) in [7, 11) is 1.62. The molecule has 0 radical (unpaired) electrons. The Morgan fingerprint density at radius 3 is 2.46 bits per heavy atom. The monoisotopic (exact) mass is 381 g/mol. The summed E-state index contributed by atoms with van der Waals surface area (Å²) in [6, 6.07) is 14.7.